The van der Waals surface area contributed by atoms with Gasteiger partial charge >= 0.3 is 5.97 Å². The topological polar surface area (TPSA) is 44.8 Å². The normalized spacial score (nSPS) is 22.6. The van der Waals surface area contributed by atoms with E-state index in [1.165, 1.54) is 0 Å². The fraction of sp³-hybridized carbons (Fsp3) is 0.462. The molecule has 0 atom stereocenters. The van der Waals surface area contributed by atoms with Crippen molar-refractivity contribution in [2.75, 3.05) is 13.2 Å². The second-order valence-corrected chi connectivity index (χ2v) is 4.78. The zero-order chi connectivity index (χ0) is 12.0. The summed E-state index contributed by atoms with van der Waals surface area (Å²) in [6.45, 7) is 4.99. The third-order valence-electron chi connectivity index (χ3n) is 3.15. The molecular formula is C13H14O4. The summed E-state index contributed by atoms with van der Waals surface area (Å²) in [6, 6.07) is 5.58. The molecule has 0 aliphatic carbocycles. The molecule has 0 unspecified atom stereocenters. The molecule has 0 spiro atoms. The van der Waals surface area contributed by atoms with Crippen LogP contribution in [0.1, 0.15) is 41.6 Å². The third kappa shape index (κ3) is 1.64. The van der Waals surface area contributed by atoms with Crippen molar-refractivity contribution in [3.8, 4) is 0 Å². The number of benzene rings is 1. The highest BCUT2D eigenvalue weighted by Crippen LogP contribution is 2.38. The summed E-state index contributed by atoms with van der Waals surface area (Å²) in [7, 11) is 0. The molecule has 3 rings (SSSR count). The average molecular weight is 234 g/mol. The van der Waals surface area contributed by atoms with E-state index in [1.54, 1.807) is 6.07 Å². The number of fused-ring (bicyclic) bond motifs is 1. The SMILES string of the molecule is CC1(C)OC(=O)c2ccc(C3OCCO3)cc21. The van der Waals surface area contributed by atoms with Crippen LogP contribution in [0, 0.1) is 0 Å². The molecule has 4 nitrogen and oxygen atoms in total. The molecule has 1 saturated heterocycles. The van der Waals surface area contributed by atoms with Gasteiger partial charge in [-0.3, -0.25) is 0 Å². The number of carbonyl (C=O) groups excluding carboxylic acids is 1. The molecule has 17 heavy (non-hydrogen) atoms. The third-order valence-corrected chi connectivity index (χ3v) is 3.15. The van der Waals surface area contributed by atoms with E-state index in [9.17, 15) is 4.79 Å². The molecule has 0 radical (unpaired) electrons. The Labute approximate surface area is 99.5 Å². The number of rotatable bonds is 1. The number of carbonyl (C=O) groups is 1. The van der Waals surface area contributed by atoms with Crippen LogP contribution in [0.15, 0.2) is 18.2 Å². The molecule has 1 aromatic rings. The first-order valence-electron chi connectivity index (χ1n) is 5.69. The second kappa shape index (κ2) is 3.55. The van der Waals surface area contributed by atoms with Crippen LogP contribution in [0.4, 0.5) is 0 Å². The fourth-order valence-electron chi connectivity index (χ4n) is 2.28. The lowest BCUT2D eigenvalue weighted by molar-refractivity contribution is -0.0443. The quantitative estimate of drug-likeness (QED) is 0.698. The van der Waals surface area contributed by atoms with Gasteiger partial charge in [0.05, 0.1) is 18.8 Å². The Hall–Kier alpha value is -1.39. The highest BCUT2D eigenvalue weighted by atomic mass is 16.7. The van der Waals surface area contributed by atoms with Crippen LogP contribution in [0.5, 0.6) is 0 Å². The number of hydrogen-bond donors (Lipinski definition) is 0. The summed E-state index contributed by atoms with van der Waals surface area (Å²) in [5.74, 6) is -0.259. The van der Waals surface area contributed by atoms with Gasteiger partial charge in [-0.15, -0.1) is 0 Å². The molecule has 90 valence electrons. The van der Waals surface area contributed by atoms with Crippen LogP contribution >= 0.6 is 0 Å². The first-order valence-corrected chi connectivity index (χ1v) is 5.69. The second-order valence-electron chi connectivity index (χ2n) is 4.78. The number of cyclic esters (lactones) is 1. The van der Waals surface area contributed by atoms with Gasteiger partial charge in [-0.1, -0.05) is 6.07 Å². The Bertz CT molecular complexity index is 472. The molecule has 2 heterocycles. The maximum absolute atomic E-state index is 11.6. The Morgan fingerprint density at radius 1 is 1.24 bits per heavy atom. The minimum absolute atomic E-state index is 0.259. The van der Waals surface area contributed by atoms with Crippen LogP contribution < -0.4 is 0 Å². The summed E-state index contributed by atoms with van der Waals surface area (Å²) in [5.41, 5.74) is 1.91. The zero-order valence-electron chi connectivity index (χ0n) is 9.86. The Morgan fingerprint density at radius 2 is 1.94 bits per heavy atom. The van der Waals surface area contributed by atoms with Gasteiger partial charge in [0, 0.05) is 11.1 Å². The zero-order valence-corrected chi connectivity index (χ0v) is 9.86. The van der Waals surface area contributed by atoms with Crippen LogP contribution in [0.25, 0.3) is 0 Å². The highest BCUT2D eigenvalue weighted by Gasteiger charge is 2.38. The molecule has 0 amide bonds. The van der Waals surface area contributed by atoms with Gasteiger partial charge in [0.2, 0.25) is 0 Å². The van der Waals surface area contributed by atoms with Crippen molar-refractivity contribution in [3.63, 3.8) is 0 Å². The van der Waals surface area contributed by atoms with Crippen molar-refractivity contribution in [3.05, 3.63) is 34.9 Å². The first kappa shape index (κ1) is 10.7. The van der Waals surface area contributed by atoms with Crippen LogP contribution in [-0.2, 0) is 19.8 Å². The minimum atomic E-state index is -0.568. The molecule has 0 aromatic heterocycles. The highest BCUT2D eigenvalue weighted by molar-refractivity contribution is 5.94. The number of esters is 1. The number of hydrogen-bond acceptors (Lipinski definition) is 4. The molecule has 4 heteroatoms. The van der Waals surface area contributed by atoms with E-state index in [-0.39, 0.29) is 12.3 Å². The van der Waals surface area contributed by atoms with E-state index in [0.717, 1.165) is 11.1 Å². The van der Waals surface area contributed by atoms with Crippen LogP contribution in [-0.4, -0.2) is 19.2 Å². The minimum Gasteiger partial charge on any atom is -0.451 e. The van der Waals surface area contributed by atoms with Crippen molar-refractivity contribution < 1.29 is 19.0 Å². The van der Waals surface area contributed by atoms with Crippen molar-refractivity contribution >= 4 is 5.97 Å². The Balaban J connectivity index is 2.03. The van der Waals surface area contributed by atoms with E-state index in [1.807, 2.05) is 26.0 Å². The van der Waals surface area contributed by atoms with E-state index in [4.69, 9.17) is 14.2 Å². The summed E-state index contributed by atoms with van der Waals surface area (Å²) < 4.78 is 16.2. The average Bonchev–Trinajstić information content (AvgIpc) is 2.87. The Kier molecular flexibility index (Phi) is 2.24. The smallest absolute Gasteiger partial charge is 0.339 e. The molecule has 1 aromatic carbocycles. The largest absolute Gasteiger partial charge is 0.451 e. The lowest BCUT2D eigenvalue weighted by Gasteiger charge is -2.18. The molecule has 2 aliphatic heterocycles. The van der Waals surface area contributed by atoms with Gasteiger partial charge in [-0.05, 0) is 26.0 Å². The standard InChI is InChI=1S/C13H14O4/c1-13(2)10-7-8(12-15-5-6-16-12)3-4-9(10)11(14)17-13/h3-4,7,12H,5-6H2,1-2H3. The molecule has 0 saturated carbocycles. The summed E-state index contributed by atoms with van der Waals surface area (Å²) in [4.78, 5) is 11.6. The lowest BCUT2D eigenvalue weighted by atomic mass is 9.94. The predicted molar refractivity (Wildman–Crippen MR) is 59.5 cm³/mol. The van der Waals surface area contributed by atoms with Gasteiger partial charge in [0.15, 0.2) is 6.29 Å². The van der Waals surface area contributed by atoms with Crippen molar-refractivity contribution in [2.45, 2.75) is 25.7 Å². The summed E-state index contributed by atoms with van der Waals surface area (Å²) in [6.07, 6.45) is -0.313. The Morgan fingerprint density at radius 3 is 2.65 bits per heavy atom. The van der Waals surface area contributed by atoms with E-state index < -0.39 is 5.60 Å². The molecule has 0 bridgehead atoms. The molecule has 0 N–H and O–H groups in total. The molecular weight excluding hydrogens is 220 g/mol. The lowest BCUT2D eigenvalue weighted by Crippen LogP contribution is -2.16. The predicted octanol–water partition coefficient (Wildman–Crippen LogP) is 2.14. The first-order chi connectivity index (χ1) is 8.08. The maximum Gasteiger partial charge on any atom is 0.339 e. The summed E-state index contributed by atoms with van der Waals surface area (Å²) in [5, 5.41) is 0. The monoisotopic (exact) mass is 234 g/mol. The van der Waals surface area contributed by atoms with E-state index in [2.05, 4.69) is 0 Å². The van der Waals surface area contributed by atoms with Crippen molar-refractivity contribution in [1.82, 2.24) is 0 Å². The van der Waals surface area contributed by atoms with Gasteiger partial charge in [0.25, 0.3) is 0 Å². The molecule has 1 fully saturated rings. The van der Waals surface area contributed by atoms with E-state index >= 15 is 0 Å². The fourth-order valence-corrected chi connectivity index (χ4v) is 2.28. The van der Waals surface area contributed by atoms with E-state index in [0.29, 0.717) is 18.8 Å². The van der Waals surface area contributed by atoms with Gasteiger partial charge < -0.3 is 14.2 Å². The van der Waals surface area contributed by atoms with Gasteiger partial charge in [-0.2, -0.15) is 0 Å². The maximum atomic E-state index is 11.6. The van der Waals surface area contributed by atoms with Crippen LogP contribution in [0.3, 0.4) is 0 Å². The van der Waals surface area contributed by atoms with Crippen molar-refractivity contribution in [2.24, 2.45) is 0 Å². The van der Waals surface area contributed by atoms with Crippen LogP contribution in [0.2, 0.25) is 0 Å². The summed E-state index contributed by atoms with van der Waals surface area (Å²) >= 11 is 0. The van der Waals surface area contributed by atoms with Gasteiger partial charge in [0.1, 0.15) is 5.60 Å². The van der Waals surface area contributed by atoms with Crippen molar-refractivity contribution in [1.29, 1.82) is 0 Å². The number of ether oxygens (including phenoxy) is 3. The molecule has 2 aliphatic rings. The van der Waals surface area contributed by atoms with Gasteiger partial charge in [-0.25, -0.2) is 4.79 Å².